The molecule has 2 heterocycles. The van der Waals surface area contributed by atoms with E-state index in [0.29, 0.717) is 17.6 Å². The number of nitrogens with zero attached hydrogens (tertiary/aromatic N) is 3. The Balaban J connectivity index is 1.77. The first-order valence-corrected chi connectivity index (χ1v) is 5.99. The number of nitrogens with two attached hydrogens (primary N) is 1. The Hall–Kier alpha value is -1.69. The first kappa shape index (κ1) is 9.53. The van der Waals surface area contributed by atoms with Gasteiger partial charge in [-0.3, -0.25) is 0 Å². The van der Waals surface area contributed by atoms with Crippen LogP contribution in [0, 0.1) is 0 Å². The van der Waals surface area contributed by atoms with Crippen LogP contribution in [0.2, 0.25) is 0 Å². The molecule has 0 spiro atoms. The predicted octanol–water partition coefficient (Wildman–Crippen LogP) is 2.14. The lowest BCUT2D eigenvalue weighted by atomic mass is 10.3. The predicted molar refractivity (Wildman–Crippen MR) is 63.8 cm³/mol. The Morgan fingerprint density at radius 3 is 3.00 bits per heavy atom. The summed E-state index contributed by atoms with van der Waals surface area (Å²) in [5.74, 6) is 1.82. The van der Waals surface area contributed by atoms with Gasteiger partial charge in [0.05, 0.1) is 5.69 Å². The third kappa shape index (κ3) is 1.96. The number of rotatable bonds is 3. The summed E-state index contributed by atoms with van der Waals surface area (Å²) in [5, 5.41) is 6.09. The van der Waals surface area contributed by atoms with Crippen molar-refractivity contribution in [1.82, 2.24) is 15.0 Å². The molecule has 0 unspecified atom stereocenters. The molecule has 16 heavy (non-hydrogen) atoms. The second-order valence-electron chi connectivity index (χ2n) is 3.80. The number of anilines is 3. The Morgan fingerprint density at radius 1 is 1.38 bits per heavy atom. The third-order valence-corrected chi connectivity index (χ3v) is 3.22. The van der Waals surface area contributed by atoms with Crippen molar-refractivity contribution in [3.8, 4) is 0 Å². The van der Waals surface area contributed by atoms with Gasteiger partial charge in [0.15, 0.2) is 5.13 Å². The van der Waals surface area contributed by atoms with E-state index in [1.807, 2.05) is 0 Å². The molecule has 0 amide bonds. The second kappa shape index (κ2) is 3.71. The monoisotopic (exact) mass is 233 g/mol. The van der Waals surface area contributed by atoms with Gasteiger partial charge in [-0.2, -0.15) is 0 Å². The van der Waals surface area contributed by atoms with Crippen LogP contribution in [0.25, 0.3) is 0 Å². The molecular formula is C10H11N5S. The van der Waals surface area contributed by atoms with Crippen molar-refractivity contribution in [3.63, 3.8) is 0 Å². The first-order chi connectivity index (χ1) is 7.81. The lowest BCUT2D eigenvalue weighted by Crippen LogP contribution is -1.97. The number of nitrogens with one attached hydrogen (secondary N) is 1. The molecular weight excluding hydrogens is 222 g/mol. The fourth-order valence-corrected chi connectivity index (χ4v) is 2.26. The molecule has 0 radical (unpaired) electrons. The highest BCUT2D eigenvalue weighted by Gasteiger charge is 2.26. The van der Waals surface area contributed by atoms with Gasteiger partial charge in [0.1, 0.15) is 18.0 Å². The van der Waals surface area contributed by atoms with E-state index in [1.165, 1.54) is 24.9 Å². The minimum atomic E-state index is 0.455. The zero-order chi connectivity index (χ0) is 11.0. The maximum Gasteiger partial charge on any atom is 0.188 e. The van der Waals surface area contributed by atoms with Crippen molar-refractivity contribution in [2.24, 2.45) is 0 Å². The fraction of sp³-hybridized carbons (Fsp3) is 0.300. The summed E-state index contributed by atoms with van der Waals surface area (Å²) in [6.45, 7) is 0. The molecule has 1 fully saturated rings. The Kier molecular flexibility index (Phi) is 2.21. The topological polar surface area (TPSA) is 76.7 Å². The quantitative estimate of drug-likeness (QED) is 0.849. The molecule has 0 atom stereocenters. The smallest absolute Gasteiger partial charge is 0.188 e. The number of nitrogen functional groups attached to an aromatic ring is 1. The molecule has 2 aromatic heterocycles. The lowest BCUT2D eigenvalue weighted by molar-refractivity contribution is 1.05. The van der Waals surface area contributed by atoms with E-state index >= 15 is 0 Å². The molecule has 0 saturated heterocycles. The van der Waals surface area contributed by atoms with Crippen LogP contribution < -0.4 is 11.1 Å². The van der Waals surface area contributed by atoms with Gasteiger partial charge in [-0.15, -0.1) is 11.3 Å². The highest BCUT2D eigenvalue weighted by molar-refractivity contribution is 7.13. The van der Waals surface area contributed by atoms with Gasteiger partial charge in [0.25, 0.3) is 0 Å². The van der Waals surface area contributed by atoms with Crippen molar-refractivity contribution in [2.45, 2.75) is 18.8 Å². The highest BCUT2D eigenvalue weighted by atomic mass is 32.1. The van der Waals surface area contributed by atoms with Crippen LogP contribution in [-0.2, 0) is 0 Å². The maximum atomic E-state index is 5.57. The van der Waals surface area contributed by atoms with Crippen molar-refractivity contribution >= 4 is 28.1 Å². The normalized spacial score (nSPS) is 15.0. The van der Waals surface area contributed by atoms with Crippen LogP contribution in [-0.4, -0.2) is 15.0 Å². The van der Waals surface area contributed by atoms with Crippen LogP contribution in [0.3, 0.4) is 0 Å². The number of aromatic nitrogens is 3. The molecule has 0 aliphatic heterocycles. The van der Waals surface area contributed by atoms with E-state index in [2.05, 4.69) is 25.6 Å². The summed E-state index contributed by atoms with van der Waals surface area (Å²) in [6, 6.07) is 1.69. The van der Waals surface area contributed by atoms with Gasteiger partial charge in [-0.25, -0.2) is 15.0 Å². The molecule has 3 N–H and O–H groups in total. The summed E-state index contributed by atoms with van der Waals surface area (Å²) in [4.78, 5) is 12.4. The van der Waals surface area contributed by atoms with E-state index in [9.17, 15) is 0 Å². The molecule has 0 aromatic carbocycles. The summed E-state index contributed by atoms with van der Waals surface area (Å²) in [7, 11) is 0. The van der Waals surface area contributed by atoms with Gasteiger partial charge >= 0.3 is 0 Å². The largest absolute Gasteiger partial charge is 0.384 e. The van der Waals surface area contributed by atoms with E-state index in [0.717, 1.165) is 5.13 Å². The van der Waals surface area contributed by atoms with Gasteiger partial charge < -0.3 is 11.1 Å². The summed E-state index contributed by atoms with van der Waals surface area (Å²) >= 11 is 1.60. The van der Waals surface area contributed by atoms with Crippen LogP contribution in [0.4, 0.5) is 16.8 Å². The van der Waals surface area contributed by atoms with E-state index < -0.39 is 0 Å². The van der Waals surface area contributed by atoms with E-state index in [1.54, 1.807) is 17.4 Å². The summed E-state index contributed by atoms with van der Waals surface area (Å²) < 4.78 is 0. The van der Waals surface area contributed by atoms with Gasteiger partial charge in [0.2, 0.25) is 0 Å². The Bertz CT molecular complexity index is 505. The molecule has 6 heteroatoms. The van der Waals surface area contributed by atoms with E-state index in [-0.39, 0.29) is 0 Å². The zero-order valence-electron chi connectivity index (χ0n) is 8.55. The SMILES string of the molecule is Nc1cc(Nc2nc(C3CC3)cs2)ncn1. The van der Waals surface area contributed by atoms with Crippen molar-refractivity contribution in [1.29, 1.82) is 0 Å². The molecule has 82 valence electrons. The number of thiazole rings is 1. The highest BCUT2D eigenvalue weighted by Crippen LogP contribution is 2.41. The molecule has 5 nitrogen and oxygen atoms in total. The fourth-order valence-electron chi connectivity index (χ4n) is 1.46. The average molecular weight is 233 g/mol. The molecule has 1 saturated carbocycles. The van der Waals surface area contributed by atoms with Crippen LogP contribution in [0.15, 0.2) is 17.8 Å². The van der Waals surface area contributed by atoms with Gasteiger partial charge in [-0.1, -0.05) is 0 Å². The number of hydrogen-bond donors (Lipinski definition) is 2. The van der Waals surface area contributed by atoms with Crippen LogP contribution >= 0.6 is 11.3 Å². The first-order valence-electron chi connectivity index (χ1n) is 5.11. The van der Waals surface area contributed by atoms with Crippen LogP contribution in [0.5, 0.6) is 0 Å². The molecule has 1 aliphatic carbocycles. The standard InChI is InChI=1S/C10H11N5S/c11-8-3-9(13-5-12-8)15-10-14-7(4-16-10)6-1-2-6/h3-6H,1-2H2,(H3,11,12,13,14,15). The second-order valence-corrected chi connectivity index (χ2v) is 4.66. The van der Waals surface area contributed by atoms with Gasteiger partial charge in [0, 0.05) is 17.4 Å². The molecule has 2 aromatic rings. The van der Waals surface area contributed by atoms with Crippen molar-refractivity contribution < 1.29 is 0 Å². The summed E-state index contributed by atoms with van der Waals surface area (Å²) in [6.07, 6.45) is 3.97. The molecule has 0 bridgehead atoms. The maximum absolute atomic E-state index is 5.57. The zero-order valence-corrected chi connectivity index (χ0v) is 9.37. The molecule has 1 aliphatic rings. The average Bonchev–Trinajstić information content (AvgIpc) is 3.01. The minimum Gasteiger partial charge on any atom is -0.384 e. The third-order valence-electron chi connectivity index (χ3n) is 2.44. The van der Waals surface area contributed by atoms with Crippen molar-refractivity contribution in [2.75, 3.05) is 11.1 Å². The summed E-state index contributed by atoms with van der Waals surface area (Å²) in [5.41, 5.74) is 6.76. The van der Waals surface area contributed by atoms with Gasteiger partial charge in [-0.05, 0) is 12.8 Å². The lowest BCUT2D eigenvalue weighted by Gasteiger charge is -2.00. The Morgan fingerprint density at radius 2 is 2.25 bits per heavy atom. The van der Waals surface area contributed by atoms with Crippen molar-refractivity contribution in [3.05, 3.63) is 23.5 Å². The Labute approximate surface area is 96.8 Å². The van der Waals surface area contributed by atoms with E-state index in [4.69, 9.17) is 5.73 Å². The minimum absolute atomic E-state index is 0.455. The van der Waals surface area contributed by atoms with Crippen LogP contribution in [0.1, 0.15) is 24.5 Å². The molecule has 3 rings (SSSR count). The number of hydrogen-bond acceptors (Lipinski definition) is 6.